The highest BCUT2D eigenvalue weighted by Gasteiger charge is 1.97. The Kier molecular flexibility index (Phi) is 35.6. The molecular formula is C25H48O15. The van der Waals surface area contributed by atoms with Crippen molar-refractivity contribution < 1.29 is 72.6 Å². The number of carboxylic acid groups (broad SMARTS) is 2. The van der Waals surface area contributed by atoms with Crippen LogP contribution in [0.2, 0.25) is 0 Å². The molecule has 0 rings (SSSR count). The molecule has 1 atom stereocenters. The lowest BCUT2D eigenvalue weighted by atomic mass is 10.4. The molecule has 0 aliphatic carbocycles. The van der Waals surface area contributed by atoms with Crippen LogP contribution in [0.1, 0.15) is 6.92 Å². The number of aliphatic hydroxyl groups is 2. The summed E-state index contributed by atoms with van der Waals surface area (Å²) in [5.74, 6) is -2.51. The van der Waals surface area contributed by atoms with Crippen molar-refractivity contribution in [2.45, 2.75) is 13.0 Å². The summed E-state index contributed by atoms with van der Waals surface area (Å²) in [6.07, 6.45) is 0.667. The smallest absolute Gasteiger partial charge is 0.328 e. The molecule has 4 N–H and O–H groups in total. The fraction of sp³-hybridized carbons (Fsp3) is 0.840. The van der Waals surface area contributed by atoms with E-state index in [9.17, 15) is 9.59 Å². The highest BCUT2D eigenvalue weighted by atomic mass is 16.6. The molecule has 0 aromatic carbocycles. The van der Waals surface area contributed by atoms with Gasteiger partial charge < -0.3 is 63.1 Å². The summed E-state index contributed by atoms with van der Waals surface area (Å²) in [5.41, 5.74) is 0. The molecule has 0 radical (unpaired) electrons. The van der Waals surface area contributed by atoms with Crippen LogP contribution >= 0.6 is 0 Å². The van der Waals surface area contributed by atoms with E-state index in [4.69, 9.17) is 63.1 Å². The average Bonchev–Trinajstić information content (AvgIpc) is 2.91. The highest BCUT2D eigenvalue weighted by molar-refractivity contribution is 5.89. The van der Waals surface area contributed by atoms with Crippen LogP contribution in [0.4, 0.5) is 0 Å². The third-order valence-corrected chi connectivity index (χ3v) is 3.94. The van der Waals surface area contributed by atoms with E-state index in [1.54, 1.807) is 6.92 Å². The number of hydrogen-bond acceptors (Lipinski definition) is 13. The molecule has 0 aliphatic rings. The van der Waals surface area contributed by atoms with E-state index < -0.39 is 18.0 Å². The predicted molar refractivity (Wildman–Crippen MR) is 141 cm³/mol. The second-order valence-corrected chi connectivity index (χ2v) is 7.56. The summed E-state index contributed by atoms with van der Waals surface area (Å²) in [6, 6.07) is 0. The minimum absolute atomic E-state index is 0.0275. The third kappa shape index (κ3) is 43.3. The van der Waals surface area contributed by atoms with Crippen LogP contribution < -0.4 is 0 Å². The van der Waals surface area contributed by atoms with Crippen LogP contribution in [-0.2, 0) is 52.2 Å². The van der Waals surface area contributed by atoms with Gasteiger partial charge in [0.05, 0.1) is 132 Å². The monoisotopic (exact) mass is 588 g/mol. The fourth-order valence-electron chi connectivity index (χ4n) is 2.22. The number of ether oxygens (including phenoxy) is 9. The maximum Gasteiger partial charge on any atom is 0.328 e. The summed E-state index contributed by atoms with van der Waals surface area (Å²) in [4.78, 5) is 19.1. The van der Waals surface area contributed by atoms with E-state index in [-0.39, 0.29) is 6.61 Å². The van der Waals surface area contributed by atoms with Gasteiger partial charge >= 0.3 is 11.9 Å². The van der Waals surface area contributed by atoms with Gasteiger partial charge in [0.15, 0.2) is 0 Å². The second kappa shape index (κ2) is 35.3. The topological polar surface area (TPSA) is 198 Å². The van der Waals surface area contributed by atoms with Gasteiger partial charge in [-0.2, -0.15) is 0 Å². The summed E-state index contributed by atoms with van der Waals surface area (Å²) in [6.45, 7) is 10.4. The van der Waals surface area contributed by atoms with E-state index in [1.165, 1.54) is 0 Å². The molecule has 15 heteroatoms. The molecule has 40 heavy (non-hydrogen) atoms. The van der Waals surface area contributed by atoms with Gasteiger partial charge in [-0.25, -0.2) is 9.59 Å². The zero-order valence-corrected chi connectivity index (χ0v) is 23.4. The molecule has 0 fully saturated rings. The number of carbonyl (C=O) groups is 2. The first-order valence-electron chi connectivity index (χ1n) is 13.0. The Balaban J connectivity index is 0. The lowest BCUT2D eigenvalue weighted by Crippen LogP contribution is -2.16. The van der Waals surface area contributed by atoms with Crippen LogP contribution in [-0.4, -0.2) is 164 Å². The minimum Gasteiger partial charge on any atom is -0.478 e. The number of carboxylic acids is 2. The van der Waals surface area contributed by atoms with Crippen molar-refractivity contribution in [2.75, 3.05) is 126 Å². The van der Waals surface area contributed by atoms with Crippen molar-refractivity contribution in [3.63, 3.8) is 0 Å². The standard InChI is InChI=1S/C21H44O11.C4H4O4/c1-21(23)20-32-19-18-31-17-16-30-15-14-29-13-12-28-11-10-27-9-8-26-7-6-25-5-4-24-3-2-22;5-3(6)1-2-4(7)8/h21-23H,2-20H2,1H3;1-2H,(H,5,6)(H,7,8)/b;2-1-. The third-order valence-electron chi connectivity index (χ3n) is 3.94. The van der Waals surface area contributed by atoms with Crippen molar-refractivity contribution in [3.05, 3.63) is 12.2 Å². The maximum atomic E-state index is 9.55. The number of hydrogen-bond donors (Lipinski definition) is 4. The van der Waals surface area contributed by atoms with Crippen molar-refractivity contribution in [1.29, 1.82) is 0 Å². The Labute approximate surface area is 235 Å². The van der Waals surface area contributed by atoms with Gasteiger partial charge in [0.1, 0.15) is 0 Å². The molecule has 0 bridgehead atoms. The van der Waals surface area contributed by atoms with Gasteiger partial charge in [-0.05, 0) is 6.92 Å². The molecule has 0 aromatic heterocycles. The van der Waals surface area contributed by atoms with Gasteiger partial charge in [0.2, 0.25) is 0 Å². The van der Waals surface area contributed by atoms with Crippen molar-refractivity contribution in [1.82, 2.24) is 0 Å². The molecule has 0 heterocycles. The van der Waals surface area contributed by atoms with E-state index in [0.717, 1.165) is 0 Å². The van der Waals surface area contributed by atoms with E-state index in [1.807, 2.05) is 0 Å². The number of rotatable bonds is 30. The Hall–Kier alpha value is -1.76. The summed E-state index contributed by atoms with van der Waals surface area (Å²) in [5, 5.41) is 33.2. The SMILES string of the molecule is CC(O)COCCOCCOCCOCCOCCOCCOCCOCCOCCO.O=C(O)/C=C\C(=O)O. The quantitative estimate of drug-likeness (QED) is 0.0601. The first kappa shape index (κ1) is 40.4. The van der Waals surface area contributed by atoms with Crippen molar-refractivity contribution in [3.8, 4) is 0 Å². The Morgan fingerprint density at radius 3 is 0.925 bits per heavy atom. The van der Waals surface area contributed by atoms with Gasteiger partial charge in [-0.1, -0.05) is 0 Å². The lowest BCUT2D eigenvalue weighted by Gasteiger charge is -2.09. The van der Waals surface area contributed by atoms with Crippen LogP contribution in [0.15, 0.2) is 12.2 Å². The van der Waals surface area contributed by atoms with Gasteiger partial charge in [-0.3, -0.25) is 0 Å². The Bertz CT molecular complexity index is 544. The van der Waals surface area contributed by atoms with E-state index in [2.05, 4.69) is 0 Å². The van der Waals surface area contributed by atoms with E-state index in [0.29, 0.717) is 131 Å². The zero-order chi connectivity index (χ0) is 29.9. The van der Waals surface area contributed by atoms with Gasteiger partial charge in [0.25, 0.3) is 0 Å². The molecule has 15 nitrogen and oxygen atoms in total. The molecule has 0 aliphatic heterocycles. The minimum atomic E-state index is -1.26. The summed E-state index contributed by atoms with van der Waals surface area (Å²) < 4.78 is 47.9. The van der Waals surface area contributed by atoms with Crippen molar-refractivity contribution >= 4 is 11.9 Å². The van der Waals surface area contributed by atoms with Crippen LogP contribution in [0.25, 0.3) is 0 Å². The molecule has 238 valence electrons. The first-order chi connectivity index (χ1) is 19.4. The van der Waals surface area contributed by atoms with Gasteiger partial charge in [0, 0.05) is 12.2 Å². The fourth-order valence-corrected chi connectivity index (χ4v) is 2.22. The lowest BCUT2D eigenvalue weighted by molar-refractivity contribution is -0.134. The zero-order valence-electron chi connectivity index (χ0n) is 23.4. The number of aliphatic hydroxyl groups excluding tert-OH is 2. The molecule has 0 amide bonds. The molecule has 0 saturated carbocycles. The molecule has 0 aromatic rings. The largest absolute Gasteiger partial charge is 0.478 e. The molecule has 0 saturated heterocycles. The first-order valence-corrected chi connectivity index (χ1v) is 13.0. The molecular weight excluding hydrogens is 540 g/mol. The Morgan fingerprint density at radius 1 is 0.500 bits per heavy atom. The van der Waals surface area contributed by atoms with E-state index >= 15 is 0 Å². The summed E-state index contributed by atoms with van der Waals surface area (Å²) >= 11 is 0. The highest BCUT2D eigenvalue weighted by Crippen LogP contribution is 1.87. The Morgan fingerprint density at radius 2 is 0.725 bits per heavy atom. The average molecular weight is 589 g/mol. The summed E-state index contributed by atoms with van der Waals surface area (Å²) in [7, 11) is 0. The van der Waals surface area contributed by atoms with Crippen LogP contribution in [0.5, 0.6) is 0 Å². The maximum absolute atomic E-state index is 9.55. The molecule has 1 unspecified atom stereocenters. The van der Waals surface area contributed by atoms with Crippen molar-refractivity contribution in [2.24, 2.45) is 0 Å². The normalized spacial score (nSPS) is 11.9. The van der Waals surface area contributed by atoms with Gasteiger partial charge in [-0.15, -0.1) is 0 Å². The second-order valence-electron chi connectivity index (χ2n) is 7.56. The number of aliphatic carboxylic acids is 2. The predicted octanol–water partition coefficient (Wildman–Crippen LogP) is -0.779. The molecule has 0 spiro atoms. The van der Waals surface area contributed by atoms with Crippen LogP contribution in [0.3, 0.4) is 0 Å². The van der Waals surface area contributed by atoms with Crippen LogP contribution in [0, 0.1) is 0 Å².